The van der Waals surface area contributed by atoms with Gasteiger partial charge in [-0.05, 0) is 18.1 Å². The number of hydrogen-bond acceptors (Lipinski definition) is 2. The average Bonchev–Trinajstić information content (AvgIpc) is 2.95. The van der Waals surface area contributed by atoms with Gasteiger partial charge in [-0.2, -0.15) is 4.31 Å². The molecule has 1 heterocycles. The molecule has 0 spiro atoms. The minimum atomic E-state index is -3.37. The SMILES string of the molecule is CC[Si](/C=C1/CN(S(=O)(=O)c2ccccc2)CC1C)(CC)CC. The van der Waals surface area contributed by atoms with E-state index in [0.717, 1.165) is 0 Å². The van der Waals surface area contributed by atoms with Crippen LogP contribution in [0.2, 0.25) is 18.1 Å². The highest BCUT2D eigenvalue weighted by molar-refractivity contribution is 7.89. The second kappa shape index (κ2) is 7.32. The molecular weight excluding hydrogens is 322 g/mol. The van der Waals surface area contributed by atoms with Gasteiger partial charge >= 0.3 is 0 Å². The van der Waals surface area contributed by atoms with Crippen LogP contribution in [-0.4, -0.2) is 33.9 Å². The van der Waals surface area contributed by atoms with Crippen molar-refractivity contribution in [2.75, 3.05) is 13.1 Å². The fourth-order valence-electron chi connectivity index (χ4n) is 3.41. The van der Waals surface area contributed by atoms with Crippen molar-refractivity contribution >= 4 is 18.1 Å². The Bertz CT molecular complexity index is 643. The third-order valence-corrected chi connectivity index (χ3v) is 12.5. The van der Waals surface area contributed by atoms with E-state index >= 15 is 0 Å². The van der Waals surface area contributed by atoms with Crippen molar-refractivity contribution in [3.05, 3.63) is 41.6 Å². The molecule has 1 aliphatic heterocycles. The van der Waals surface area contributed by atoms with E-state index < -0.39 is 18.1 Å². The lowest BCUT2D eigenvalue weighted by molar-refractivity contribution is 0.464. The van der Waals surface area contributed by atoms with Crippen molar-refractivity contribution in [1.82, 2.24) is 4.31 Å². The first-order valence-corrected chi connectivity index (χ1v) is 12.8. The zero-order valence-electron chi connectivity index (χ0n) is 14.7. The van der Waals surface area contributed by atoms with Crippen molar-refractivity contribution < 1.29 is 8.42 Å². The highest BCUT2D eigenvalue weighted by Crippen LogP contribution is 2.32. The second-order valence-corrected chi connectivity index (χ2v) is 13.7. The molecular formula is C18H29NO2SSi. The normalized spacial score (nSPS) is 21.9. The van der Waals surface area contributed by atoms with E-state index in [0.29, 0.717) is 23.9 Å². The highest BCUT2D eigenvalue weighted by atomic mass is 32.2. The molecule has 128 valence electrons. The van der Waals surface area contributed by atoms with E-state index in [-0.39, 0.29) is 0 Å². The van der Waals surface area contributed by atoms with Gasteiger partial charge in [0.1, 0.15) is 0 Å². The highest BCUT2D eigenvalue weighted by Gasteiger charge is 2.35. The number of hydrogen-bond donors (Lipinski definition) is 0. The molecule has 0 amide bonds. The predicted molar refractivity (Wildman–Crippen MR) is 99.6 cm³/mol. The van der Waals surface area contributed by atoms with Gasteiger partial charge in [-0.1, -0.05) is 75.3 Å². The van der Waals surface area contributed by atoms with Crippen molar-refractivity contribution in [1.29, 1.82) is 0 Å². The molecule has 0 aliphatic carbocycles. The largest absolute Gasteiger partial charge is 0.243 e. The van der Waals surface area contributed by atoms with Gasteiger partial charge in [0.05, 0.1) is 13.0 Å². The molecule has 1 aromatic carbocycles. The Morgan fingerprint density at radius 2 is 1.70 bits per heavy atom. The molecule has 2 rings (SSSR count). The van der Waals surface area contributed by atoms with Gasteiger partial charge in [-0.3, -0.25) is 0 Å². The minimum absolute atomic E-state index is 0.324. The van der Waals surface area contributed by atoms with Crippen LogP contribution in [0.5, 0.6) is 0 Å². The molecule has 23 heavy (non-hydrogen) atoms. The summed E-state index contributed by atoms with van der Waals surface area (Å²) in [6.45, 7) is 10.2. The molecule has 0 bridgehead atoms. The van der Waals surface area contributed by atoms with Crippen LogP contribution in [0.15, 0.2) is 46.5 Å². The average molecular weight is 352 g/mol. The Kier molecular flexibility index (Phi) is 5.87. The van der Waals surface area contributed by atoms with E-state index in [2.05, 4.69) is 33.4 Å². The van der Waals surface area contributed by atoms with Crippen LogP contribution in [0.3, 0.4) is 0 Å². The Morgan fingerprint density at radius 1 is 1.13 bits per heavy atom. The lowest BCUT2D eigenvalue weighted by Gasteiger charge is -2.25. The van der Waals surface area contributed by atoms with Crippen LogP contribution < -0.4 is 0 Å². The van der Waals surface area contributed by atoms with Crippen LogP contribution in [-0.2, 0) is 10.0 Å². The van der Waals surface area contributed by atoms with Crippen LogP contribution >= 0.6 is 0 Å². The monoisotopic (exact) mass is 351 g/mol. The van der Waals surface area contributed by atoms with Gasteiger partial charge in [0.15, 0.2) is 0 Å². The van der Waals surface area contributed by atoms with Crippen molar-refractivity contribution in [2.45, 2.75) is 50.7 Å². The number of nitrogens with zero attached hydrogens (tertiary/aromatic N) is 1. The molecule has 0 radical (unpaired) electrons. The summed E-state index contributed by atoms with van der Waals surface area (Å²) >= 11 is 0. The molecule has 1 unspecified atom stereocenters. The second-order valence-electron chi connectivity index (χ2n) is 6.65. The molecule has 0 aromatic heterocycles. The minimum Gasteiger partial charge on any atom is -0.207 e. The van der Waals surface area contributed by atoms with Gasteiger partial charge in [-0.25, -0.2) is 8.42 Å². The summed E-state index contributed by atoms with van der Waals surface area (Å²) in [4.78, 5) is 0.401. The Morgan fingerprint density at radius 3 is 2.22 bits per heavy atom. The quantitative estimate of drug-likeness (QED) is 0.717. The van der Waals surface area contributed by atoms with E-state index in [4.69, 9.17) is 0 Å². The maximum absolute atomic E-state index is 12.8. The Hall–Kier alpha value is -0.913. The predicted octanol–water partition coefficient (Wildman–Crippen LogP) is 4.30. The van der Waals surface area contributed by atoms with Crippen molar-refractivity contribution in [3.63, 3.8) is 0 Å². The van der Waals surface area contributed by atoms with Gasteiger partial charge in [0.2, 0.25) is 10.0 Å². The van der Waals surface area contributed by atoms with Gasteiger partial charge in [0, 0.05) is 13.1 Å². The number of rotatable bonds is 6. The maximum Gasteiger partial charge on any atom is 0.243 e. The summed E-state index contributed by atoms with van der Waals surface area (Å²) in [7, 11) is -4.75. The van der Waals surface area contributed by atoms with Crippen LogP contribution in [0.1, 0.15) is 27.7 Å². The lowest BCUT2D eigenvalue weighted by atomic mass is 10.1. The molecule has 0 saturated carbocycles. The first-order valence-electron chi connectivity index (χ1n) is 8.65. The standard InChI is InChI=1S/C18H29NO2SSi/c1-5-23(6-2,7-3)15-17-14-19(13-16(17)4)22(20,21)18-11-9-8-10-12-18/h8-12,15-16H,5-7,13-14H2,1-4H3/b17-15-. The summed E-state index contributed by atoms with van der Waals surface area (Å²) in [6, 6.07) is 12.5. The van der Waals surface area contributed by atoms with Gasteiger partial charge in [0.25, 0.3) is 0 Å². The van der Waals surface area contributed by atoms with Crippen LogP contribution in [0.25, 0.3) is 0 Å². The molecule has 1 aliphatic rings. The zero-order valence-corrected chi connectivity index (χ0v) is 16.6. The molecule has 1 saturated heterocycles. The molecule has 0 N–H and O–H groups in total. The molecule has 3 nitrogen and oxygen atoms in total. The van der Waals surface area contributed by atoms with Crippen molar-refractivity contribution in [2.24, 2.45) is 5.92 Å². The smallest absolute Gasteiger partial charge is 0.207 e. The Labute approximate surface area is 142 Å². The fraction of sp³-hybridized carbons (Fsp3) is 0.556. The summed E-state index contributed by atoms with van der Waals surface area (Å²) in [6.07, 6.45) is 0. The summed E-state index contributed by atoms with van der Waals surface area (Å²) in [5.41, 5.74) is 3.85. The number of sulfonamides is 1. The third kappa shape index (κ3) is 3.78. The van der Waals surface area contributed by atoms with Crippen LogP contribution in [0, 0.1) is 5.92 Å². The first-order chi connectivity index (χ1) is 10.9. The fourth-order valence-corrected chi connectivity index (χ4v) is 8.22. The lowest BCUT2D eigenvalue weighted by Crippen LogP contribution is -2.30. The van der Waals surface area contributed by atoms with E-state index in [9.17, 15) is 8.42 Å². The number of benzene rings is 1. The molecule has 1 fully saturated rings. The molecule has 1 atom stereocenters. The molecule has 5 heteroatoms. The zero-order chi connectivity index (χ0) is 17.1. The third-order valence-electron chi connectivity index (χ3n) is 5.45. The van der Waals surface area contributed by atoms with Crippen molar-refractivity contribution in [3.8, 4) is 0 Å². The summed E-state index contributed by atoms with van der Waals surface area (Å²) in [5, 5.41) is 0. The molecule has 1 aromatic rings. The first kappa shape index (κ1) is 18.4. The summed E-state index contributed by atoms with van der Waals surface area (Å²) < 4.78 is 27.3. The summed E-state index contributed by atoms with van der Waals surface area (Å²) in [5.74, 6) is 0.324. The van der Waals surface area contributed by atoms with Crippen LogP contribution in [0.4, 0.5) is 0 Å². The maximum atomic E-state index is 12.8. The van der Waals surface area contributed by atoms with E-state index in [1.807, 2.05) is 6.07 Å². The van der Waals surface area contributed by atoms with Gasteiger partial charge in [-0.15, -0.1) is 0 Å². The van der Waals surface area contributed by atoms with E-state index in [1.54, 1.807) is 28.6 Å². The van der Waals surface area contributed by atoms with Gasteiger partial charge < -0.3 is 0 Å². The van der Waals surface area contributed by atoms with E-state index in [1.165, 1.54) is 23.7 Å². The Balaban J connectivity index is 2.28. The topological polar surface area (TPSA) is 37.4 Å².